The molecule has 0 saturated carbocycles. The molecule has 4 rings (SSSR count). The van der Waals surface area contributed by atoms with Crippen molar-refractivity contribution in [1.29, 1.82) is 0 Å². The number of guanidine groups is 1. The van der Waals surface area contributed by atoms with Gasteiger partial charge in [-0.25, -0.2) is 15.0 Å². The van der Waals surface area contributed by atoms with Crippen LogP contribution in [0.25, 0.3) is 10.2 Å². The summed E-state index contributed by atoms with van der Waals surface area (Å²) < 4.78 is 1.26. The minimum Gasteiger partial charge on any atom is -1.00 e. The molecule has 0 aliphatic carbocycles. The van der Waals surface area contributed by atoms with Crippen molar-refractivity contribution in [2.45, 2.75) is 19.1 Å². The topological polar surface area (TPSA) is 137 Å². The second kappa shape index (κ2) is 10.4. The van der Waals surface area contributed by atoms with Crippen LogP contribution >= 0.6 is 11.3 Å². The molecule has 1 aromatic carbocycles. The Kier molecular flexibility index (Phi) is 9.81. The molecule has 5 N–H and O–H groups in total. The van der Waals surface area contributed by atoms with Crippen LogP contribution in [0.15, 0.2) is 44.8 Å². The van der Waals surface area contributed by atoms with E-state index in [1.165, 1.54) is 4.70 Å². The summed E-state index contributed by atoms with van der Waals surface area (Å²) in [6.07, 6.45) is 1.36. The van der Waals surface area contributed by atoms with Crippen LogP contribution in [0.3, 0.4) is 0 Å². The summed E-state index contributed by atoms with van der Waals surface area (Å²) in [5.41, 5.74) is 8.34. The van der Waals surface area contributed by atoms with E-state index < -0.39 is 6.04 Å². The van der Waals surface area contributed by atoms with Gasteiger partial charge in [-0.05, 0) is 25.0 Å². The Morgan fingerprint density at radius 2 is 2.04 bits per heavy atom. The standard InChI is InChI=1S/C7H11N5O.C7H5NS.ClH.H3N.Pt/c1-2-12-3-9-4-5(12)10-7(8)11-6(4)13;1-2-4-7-6(3-1)8-5-9-7;;;/h3-5H,2H2,1H3,(H3,8,10,11,13);1-5H;1H;1H3;/q;;;;+2/p-2. The molecule has 2 unspecified atom stereocenters. The van der Waals surface area contributed by atoms with Crippen LogP contribution in [-0.2, 0) is 21.1 Å². The molecular formula is C14H18ClN7OPtS. The second-order valence-electron chi connectivity index (χ2n) is 4.71. The number of benzene rings is 1. The van der Waals surface area contributed by atoms with Crippen LogP contribution in [0.4, 0.5) is 0 Å². The molecule has 25 heavy (non-hydrogen) atoms. The molecule has 138 valence electrons. The van der Waals surface area contributed by atoms with Crippen LogP contribution in [0.5, 0.6) is 0 Å². The molecule has 2 aromatic rings. The molecule has 0 bridgehead atoms. The van der Waals surface area contributed by atoms with Crippen molar-refractivity contribution in [1.82, 2.24) is 16.0 Å². The van der Waals surface area contributed by atoms with Crippen molar-refractivity contribution in [2.75, 3.05) is 6.54 Å². The average Bonchev–Trinajstić information content (AvgIpc) is 3.13. The first-order valence-electron chi connectivity index (χ1n) is 6.85. The third-order valence-electron chi connectivity index (χ3n) is 3.34. The van der Waals surface area contributed by atoms with Gasteiger partial charge >= 0.3 is 21.1 Å². The zero-order valence-electron chi connectivity index (χ0n) is 13.4. The van der Waals surface area contributed by atoms with Crippen LogP contribution in [0, 0.1) is 0 Å². The maximum Gasteiger partial charge on any atom is 2.00 e. The van der Waals surface area contributed by atoms with E-state index in [4.69, 9.17) is 5.73 Å². The zero-order chi connectivity index (χ0) is 15.5. The normalized spacial score (nSPS) is 20.0. The molecule has 0 radical (unpaired) electrons. The molecule has 0 saturated heterocycles. The number of rotatable bonds is 1. The van der Waals surface area contributed by atoms with E-state index in [1.807, 2.05) is 35.5 Å². The van der Waals surface area contributed by atoms with Gasteiger partial charge in [0.15, 0.2) is 6.17 Å². The minimum atomic E-state index is -0.479. The molecule has 2 atom stereocenters. The predicted molar refractivity (Wildman–Crippen MR) is 92.1 cm³/mol. The van der Waals surface area contributed by atoms with Gasteiger partial charge < -0.3 is 34.3 Å². The Morgan fingerprint density at radius 3 is 2.72 bits per heavy atom. The Labute approximate surface area is 170 Å². The number of hydrogen-bond donors (Lipinski definition) is 2. The molecule has 11 heteroatoms. The summed E-state index contributed by atoms with van der Waals surface area (Å²) in [6, 6.07) is 7.65. The van der Waals surface area contributed by atoms with Gasteiger partial charge in [-0.2, -0.15) is 0 Å². The fourth-order valence-corrected chi connectivity index (χ4v) is 2.91. The van der Waals surface area contributed by atoms with E-state index >= 15 is 0 Å². The van der Waals surface area contributed by atoms with Gasteiger partial charge in [0.05, 0.1) is 22.1 Å². The number of fused-ring (bicyclic) bond motifs is 2. The number of halogens is 1. The maximum absolute atomic E-state index is 11.3. The maximum atomic E-state index is 11.3. The van der Waals surface area contributed by atoms with Gasteiger partial charge in [0.2, 0.25) is 5.96 Å². The number of aromatic nitrogens is 1. The van der Waals surface area contributed by atoms with E-state index in [0.29, 0.717) is 0 Å². The van der Waals surface area contributed by atoms with E-state index in [1.54, 1.807) is 17.7 Å². The molecule has 2 aliphatic heterocycles. The van der Waals surface area contributed by atoms with Gasteiger partial charge in [0.25, 0.3) is 0 Å². The van der Waals surface area contributed by atoms with Crippen LogP contribution in [-0.4, -0.2) is 46.8 Å². The number of aliphatic imine (C=N–C) groups is 3. The van der Waals surface area contributed by atoms with Crippen molar-refractivity contribution in [3.05, 3.63) is 29.8 Å². The SMILES string of the molecule is CCN1C=NC2C([O-])=NC(N)=NC21.N.[Cl-].[Pt+2].c1ccc2scnc2c1. The van der Waals surface area contributed by atoms with E-state index in [-0.39, 0.29) is 57.6 Å². The van der Waals surface area contributed by atoms with E-state index in [9.17, 15) is 5.11 Å². The largest absolute Gasteiger partial charge is 2.00 e. The molecule has 2 aliphatic rings. The molecule has 8 nitrogen and oxygen atoms in total. The van der Waals surface area contributed by atoms with Crippen molar-refractivity contribution in [3.8, 4) is 0 Å². The summed E-state index contributed by atoms with van der Waals surface area (Å²) in [4.78, 5) is 17.6. The van der Waals surface area contributed by atoms with Crippen molar-refractivity contribution >= 4 is 39.7 Å². The smallest absolute Gasteiger partial charge is 1.00 e. The van der Waals surface area contributed by atoms with Gasteiger partial charge in [-0.1, -0.05) is 12.1 Å². The number of para-hydroxylation sites is 1. The second-order valence-corrected chi connectivity index (χ2v) is 5.60. The van der Waals surface area contributed by atoms with E-state index in [0.717, 1.165) is 12.1 Å². The number of thiazole rings is 1. The summed E-state index contributed by atoms with van der Waals surface area (Å²) in [5, 5.41) is 11.3. The Hall–Kier alpha value is -1.54. The zero-order valence-corrected chi connectivity index (χ0v) is 17.2. The summed E-state index contributed by atoms with van der Waals surface area (Å²) in [5.74, 6) is -0.250. The average molecular weight is 563 g/mol. The van der Waals surface area contributed by atoms with Crippen molar-refractivity contribution < 1.29 is 38.6 Å². The number of likely N-dealkylation sites (N-methyl/N-ethyl adjacent to an activating group) is 1. The predicted octanol–water partition coefficient (Wildman–Crippen LogP) is -2.41. The third kappa shape index (κ3) is 5.21. The monoisotopic (exact) mass is 562 g/mol. The summed E-state index contributed by atoms with van der Waals surface area (Å²) >= 11 is 1.68. The number of nitrogens with two attached hydrogens (primary N) is 1. The quantitative estimate of drug-likeness (QED) is 0.399. The molecule has 1 aromatic heterocycles. The Morgan fingerprint density at radius 1 is 1.32 bits per heavy atom. The minimum absolute atomic E-state index is 0. The molecular weight excluding hydrogens is 545 g/mol. The first-order chi connectivity index (χ1) is 10.7. The van der Waals surface area contributed by atoms with Gasteiger partial charge in [-0.3, -0.25) is 4.99 Å². The fraction of sp³-hybridized carbons (Fsp3) is 0.286. The van der Waals surface area contributed by atoms with Crippen molar-refractivity contribution in [2.24, 2.45) is 20.7 Å². The fourth-order valence-electron chi connectivity index (χ4n) is 2.24. The Balaban J connectivity index is 0.000000430. The van der Waals surface area contributed by atoms with Crippen LogP contribution < -0.4 is 29.4 Å². The molecule has 0 amide bonds. The number of nitrogens with zero attached hydrogens (tertiary/aromatic N) is 5. The van der Waals surface area contributed by atoms with Crippen molar-refractivity contribution in [3.63, 3.8) is 0 Å². The first-order valence-corrected chi connectivity index (χ1v) is 7.73. The third-order valence-corrected chi connectivity index (χ3v) is 4.15. The summed E-state index contributed by atoms with van der Waals surface area (Å²) in [7, 11) is 0. The number of hydrogen-bond acceptors (Lipinski definition) is 9. The van der Waals surface area contributed by atoms with Gasteiger partial charge in [0.1, 0.15) is 6.04 Å². The van der Waals surface area contributed by atoms with E-state index in [2.05, 4.69) is 26.0 Å². The first kappa shape index (κ1) is 23.5. The van der Waals surface area contributed by atoms with Crippen LogP contribution in [0.2, 0.25) is 0 Å². The van der Waals surface area contributed by atoms with Crippen LogP contribution in [0.1, 0.15) is 6.92 Å². The summed E-state index contributed by atoms with van der Waals surface area (Å²) in [6.45, 7) is 2.73. The van der Waals surface area contributed by atoms with Gasteiger partial charge in [-0.15, -0.1) is 11.3 Å². The molecule has 0 fully saturated rings. The Bertz CT molecular complexity index is 736. The molecule has 3 heterocycles. The van der Waals surface area contributed by atoms with Gasteiger partial charge in [0, 0.05) is 6.54 Å². The molecule has 0 spiro atoms.